The molecule has 0 spiro atoms. The molecule has 2 aliphatic heterocycles. The van der Waals surface area contributed by atoms with E-state index >= 15 is 0 Å². The summed E-state index contributed by atoms with van der Waals surface area (Å²) in [5, 5.41) is 0.809. The van der Waals surface area contributed by atoms with Gasteiger partial charge in [0.05, 0.1) is 19.8 Å². The van der Waals surface area contributed by atoms with Gasteiger partial charge in [-0.2, -0.15) is 11.8 Å². The van der Waals surface area contributed by atoms with E-state index in [2.05, 4.69) is 0 Å². The zero-order valence-electron chi connectivity index (χ0n) is 5.21. The number of rotatable bonds is 4. The highest BCUT2D eigenvalue weighted by Crippen LogP contribution is 2.30. The quantitative estimate of drug-likeness (QED) is 0.540. The lowest BCUT2D eigenvalue weighted by atomic mass is 10.5. The van der Waals surface area contributed by atoms with Gasteiger partial charge in [-0.15, -0.1) is 0 Å². The van der Waals surface area contributed by atoms with Crippen LogP contribution in [-0.2, 0) is 9.47 Å². The minimum atomic E-state index is 0.439. The van der Waals surface area contributed by atoms with E-state index in [1.54, 1.807) is 0 Å². The molecule has 0 aliphatic carbocycles. The molecule has 3 heteroatoms. The van der Waals surface area contributed by atoms with Crippen LogP contribution >= 0.6 is 11.8 Å². The Morgan fingerprint density at radius 2 is 2.33 bits per heavy atom. The number of hydrogen-bond donors (Lipinski definition) is 0. The molecule has 2 unspecified atom stereocenters. The highest BCUT2D eigenvalue weighted by molar-refractivity contribution is 8.06. The van der Waals surface area contributed by atoms with Gasteiger partial charge < -0.3 is 9.47 Å². The average molecular weight is 146 g/mol. The van der Waals surface area contributed by atoms with Crippen molar-refractivity contribution in [2.75, 3.05) is 25.6 Å². The maximum absolute atomic E-state index is 5.34. The van der Waals surface area contributed by atoms with E-state index in [-0.39, 0.29) is 0 Å². The normalized spacial score (nSPS) is 38.7. The number of ether oxygens (including phenoxy) is 2. The molecule has 0 saturated carbocycles. The Morgan fingerprint density at radius 3 is 2.89 bits per heavy atom. The lowest BCUT2D eigenvalue weighted by Gasteiger charge is -1.96. The maximum atomic E-state index is 5.34. The first kappa shape index (κ1) is 6.01. The highest BCUT2D eigenvalue weighted by Gasteiger charge is 2.26. The molecule has 2 nitrogen and oxygen atoms in total. The molecule has 0 amide bonds. The van der Waals surface area contributed by atoms with E-state index < -0.39 is 0 Å². The smallest absolute Gasteiger partial charge is 0.104 e. The van der Waals surface area contributed by atoms with Crippen molar-refractivity contribution in [3.63, 3.8) is 0 Å². The summed E-state index contributed by atoms with van der Waals surface area (Å²) in [5.41, 5.74) is 0. The summed E-state index contributed by atoms with van der Waals surface area (Å²) in [5.74, 6) is 1.30. The fourth-order valence-corrected chi connectivity index (χ4v) is 1.08. The number of epoxide rings is 1. The second-order valence-corrected chi connectivity index (χ2v) is 3.78. The molecule has 2 aliphatic rings. The molecule has 9 heavy (non-hydrogen) atoms. The lowest BCUT2D eigenvalue weighted by Crippen LogP contribution is -2.05. The van der Waals surface area contributed by atoms with Gasteiger partial charge >= 0.3 is 0 Å². The maximum Gasteiger partial charge on any atom is 0.104 e. The summed E-state index contributed by atoms with van der Waals surface area (Å²) in [7, 11) is 0. The number of hydrogen-bond acceptors (Lipinski definition) is 3. The summed E-state index contributed by atoms with van der Waals surface area (Å²) in [6, 6.07) is 0. The van der Waals surface area contributed by atoms with E-state index in [9.17, 15) is 0 Å². The number of thioether (sulfide) groups is 1. The van der Waals surface area contributed by atoms with Gasteiger partial charge in [0, 0.05) is 11.0 Å². The molecule has 0 aromatic heterocycles. The molecule has 2 atom stereocenters. The van der Waals surface area contributed by atoms with E-state index in [1.165, 1.54) is 5.75 Å². The van der Waals surface area contributed by atoms with Crippen LogP contribution in [0.25, 0.3) is 0 Å². The van der Waals surface area contributed by atoms with Crippen LogP contribution in [0.3, 0.4) is 0 Å². The summed E-state index contributed by atoms with van der Waals surface area (Å²) >= 11 is 1.97. The second kappa shape index (κ2) is 2.48. The highest BCUT2D eigenvalue weighted by atomic mass is 32.2. The van der Waals surface area contributed by atoms with Crippen LogP contribution in [0, 0.1) is 0 Å². The van der Waals surface area contributed by atoms with E-state index in [1.807, 2.05) is 11.8 Å². The largest absolute Gasteiger partial charge is 0.377 e. The van der Waals surface area contributed by atoms with Crippen LogP contribution in [-0.4, -0.2) is 36.9 Å². The van der Waals surface area contributed by atoms with Gasteiger partial charge in [0.25, 0.3) is 0 Å². The molecule has 52 valence electrons. The van der Waals surface area contributed by atoms with Crippen LogP contribution in [0.1, 0.15) is 0 Å². The first-order chi connectivity index (χ1) is 4.45. The Labute approximate surface area is 58.9 Å². The van der Waals surface area contributed by atoms with Crippen LogP contribution in [0.4, 0.5) is 0 Å². The van der Waals surface area contributed by atoms with Gasteiger partial charge in [-0.1, -0.05) is 0 Å². The fourth-order valence-electron chi connectivity index (χ4n) is 0.659. The predicted octanol–water partition coefficient (Wildman–Crippen LogP) is 0.517. The zero-order chi connectivity index (χ0) is 6.10. The Hall–Kier alpha value is 0.270. The summed E-state index contributed by atoms with van der Waals surface area (Å²) < 4.78 is 10.3. The first-order valence-electron chi connectivity index (χ1n) is 3.26. The minimum Gasteiger partial charge on any atom is -0.377 e. The van der Waals surface area contributed by atoms with Gasteiger partial charge in [-0.05, 0) is 0 Å². The van der Waals surface area contributed by atoms with Gasteiger partial charge in [-0.3, -0.25) is 0 Å². The van der Waals surface area contributed by atoms with Gasteiger partial charge in [0.1, 0.15) is 6.10 Å². The molecule has 2 saturated heterocycles. The van der Waals surface area contributed by atoms with Crippen molar-refractivity contribution in [1.82, 2.24) is 0 Å². The topological polar surface area (TPSA) is 21.8 Å². The molecule has 0 aromatic carbocycles. The summed E-state index contributed by atoms with van der Waals surface area (Å²) in [6.07, 6.45) is 0.439. The molecule has 0 bridgehead atoms. The van der Waals surface area contributed by atoms with Gasteiger partial charge in [-0.25, -0.2) is 0 Å². The fraction of sp³-hybridized carbons (Fsp3) is 1.00. The molecular formula is C6H10O2S. The molecule has 2 rings (SSSR count). The molecular weight excluding hydrogens is 136 g/mol. The predicted molar refractivity (Wildman–Crippen MR) is 36.8 cm³/mol. The van der Waals surface area contributed by atoms with Crippen LogP contribution < -0.4 is 0 Å². The molecule has 2 heterocycles. The Kier molecular flexibility index (Phi) is 1.66. The van der Waals surface area contributed by atoms with Crippen molar-refractivity contribution < 1.29 is 9.47 Å². The van der Waals surface area contributed by atoms with Crippen LogP contribution in [0.5, 0.6) is 0 Å². The molecule has 0 radical (unpaired) electrons. The van der Waals surface area contributed by atoms with Crippen molar-refractivity contribution in [1.29, 1.82) is 0 Å². The van der Waals surface area contributed by atoms with E-state index in [0.717, 1.165) is 25.1 Å². The van der Waals surface area contributed by atoms with Crippen molar-refractivity contribution >= 4 is 11.8 Å². The van der Waals surface area contributed by atoms with Gasteiger partial charge in [0.15, 0.2) is 0 Å². The SMILES string of the molecule is C(OCC1CS1)C1CO1. The Morgan fingerprint density at radius 1 is 1.56 bits per heavy atom. The Bertz CT molecular complexity index is 87.2. The van der Waals surface area contributed by atoms with Gasteiger partial charge in [0.2, 0.25) is 0 Å². The monoisotopic (exact) mass is 146 g/mol. The standard InChI is InChI=1S/C6H10O2S/c1(5-2-8-5)7-3-6-4-9-6/h5-6H,1-4H2. The van der Waals surface area contributed by atoms with Crippen LogP contribution in [0.15, 0.2) is 0 Å². The third kappa shape index (κ3) is 2.16. The average Bonchev–Trinajstić information content (AvgIpc) is 2.57. The molecule has 0 N–H and O–H groups in total. The molecule has 2 fully saturated rings. The van der Waals surface area contributed by atoms with Crippen molar-refractivity contribution in [3.05, 3.63) is 0 Å². The van der Waals surface area contributed by atoms with Crippen molar-refractivity contribution in [2.45, 2.75) is 11.4 Å². The Balaban J connectivity index is 1.46. The summed E-state index contributed by atoms with van der Waals surface area (Å²) in [6.45, 7) is 2.67. The first-order valence-corrected chi connectivity index (χ1v) is 4.31. The van der Waals surface area contributed by atoms with E-state index in [4.69, 9.17) is 9.47 Å². The third-order valence-electron chi connectivity index (χ3n) is 1.41. The van der Waals surface area contributed by atoms with Crippen LogP contribution in [0.2, 0.25) is 0 Å². The van der Waals surface area contributed by atoms with E-state index in [0.29, 0.717) is 6.10 Å². The molecule has 0 aromatic rings. The minimum absolute atomic E-state index is 0.439. The lowest BCUT2D eigenvalue weighted by molar-refractivity contribution is 0.123. The summed E-state index contributed by atoms with van der Waals surface area (Å²) in [4.78, 5) is 0. The third-order valence-corrected chi connectivity index (χ3v) is 2.35. The van der Waals surface area contributed by atoms with Crippen molar-refractivity contribution in [2.24, 2.45) is 0 Å². The second-order valence-electron chi connectivity index (χ2n) is 2.45. The van der Waals surface area contributed by atoms with Crippen molar-refractivity contribution in [3.8, 4) is 0 Å². The zero-order valence-corrected chi connectivity index (χ0v) is 6.02.